The number of hydrogen-bond donors (Lipinski definition) is 2. The molecule has 1 aromatic heterocycles. The summed E-state index contributed by atoms with van der Waals surface area (Å²) in [6.45, 7) is 9.41. The smallest absolute Gasteiger partial charge is 0.307 e. The van der Waals surface area contributed by atoms with E-state index in [2.05, 4.69) is 27.7 Å². The number of likely N-dealkylation sites (tertiary alicyclic amines) is 1. The van der Waals surface area contributed by atoms with Crippen LogP contribution in [0.25, 0.3) is 0 Å². The lowest BCUT2D eigenvalue weighted by Crippen LogP contribution is -2.49. The van der Waals surface area contributed by atoms with Crippen molar-refractivity contribution in [2.24, 2.45) is 0 Å². The second kappa shape index (κ2) is 12.5. The fourth-order valence-corrected chi connectivity index (χ4v) is 5.27. The molecule has 37 heavy (non-hydrogen) atoms. The van der Waals surface area contributed by atoms with E-state index in [-0.39, 0.29) is 24.3 Å². The molecule has 1 fully saturated rings. The Bertz CT molecular complexity index is 1050. The van der Waals surface area contributed by atoms with Crippen LogP contribution in [0.3, 0.4) is 0 Å². The van der Waals surface area contributed by atoms with Gasteiger partial charge in [-0.1, -0.05) is 36.4 Å². The summed E-state index contributed by atoms with van der Waals surface area (Å²) in [6.07, 6.45) is 6.31. The maximum atomic E-state index is 13.4. The van der Waals surface area contributed by atoms with Crippen molar-refractivity contribution >= 4 is 17.7 Å². The van der Waals surface area contributed by atoms with E-state index in [1.165, 1.54) is 12.0 Å². The number of esters is 1. The number of amides is 1. The SMILES string of the molecule is CC(C)(C)OC(=O)C[C@H](C(=O)N[C@@H]1CCCN(CCCc2ccc3c(n2)NCCC3)C1)c1ccccc1. The number of nitrogens with one attached hydrogen (secondary N) is 2. The summed E-state index contributed by atoms with van der Waals surface area (Å²) in [4.78, 5) is 33.2. The molecule has 0 radical (unpaired) electrons. The summed E-state index contributed by atoms with van der Waals surface area (Å²) in [5.74, 6) is 0.0430. The van der Waals surface area contributed by atoms with Gasteiger partial charge < -0.3 is 20.3 Å². The van der Waals surface area contributed by atoms with Gasteiger partial charge in [-0.2, -0.15) is 0 Å². The molecule has 1 saturated heterocycles. The number of aromatic nitrogens is 1. The Morgan fingerprint density at radius 3 is 2.76 bits per heavy atom. The number of anilines is 1. The molecular weight excluding hydrogens is 464 g/mol. The normalized spacial score (nSPS) is 18.8. The molecule has 2 atom stereocenters. The summed E-state index contributed by atoms with van der Waals surface area (Å²) in [5.41, 5.74) is 2.72. The second-order valence-electron chi connectivity index (χ2n) is 11.3. The van der Waals surface area contributed by atoms with E-state index in [1.54, 1.807) is 0 Å². The molecule has 2 N–H and O–H groups in total. The van der Waals surface area contributed by atoms with Crippen molar-refractivity contribution in [2.75, 3.05) is 31.5 Å². The molecule has 3 heterocycles. The summed E-state index contributed by atoms with van der Waals surface area (Å²) in [7, 11) is 0. The van der Waals surface area contributed by atoms with Crippen LogP contribution in [0.15, 0.2) is 42.5 Å². The number of benzene rings is 1. The fourth-order valence-electron chi connectivity index (χ4n) is 5.27. The molecule has 2 aliphatic heterocycles. The van der Waals surface area contributed by atoms with Gasteiger partial charge >= 0.3 is 5.97 Å². The summed E-state index contributed by atoms with van der Waals surface area (Å²) in [5, 5.41) is 6.67. The van der Waals surface area contributed by atoms with Crippen LogP contribution in [0.1, 0.15) is 75.6 Å². The average molecular weight is 507 g/mol. The Hall–Kier alpha value is -2.93. The predicted octanol–water partition coefficient (Wildman–Crippen LogP) is 4.47. The number of rotatable bonds is 9. The molecular formula is C30H42N4O3. The van der Waals surface area contributed by atoms with Gasteiger partial charge in [0.05, 0.1) is 12.3 Å². The highest BCUT2D eigenvalue weighted by Gasteiger charge is 2.29. The molecule has 2 aliphatic rings. The maximum absolute atomic E-state index is 13.4. The highest BCUT2D eigenvalue weighted by Crippen LogP contribution is 2.24. The number of aryl methyl sites for hydroxylation is 2. The van der Waals surface area contributed by atoms with Crippen LogP contribution >= 0.6 is 0 Å². The van der Waals surface area contributed by atoms with Gasteiger partial charge in [0.1, 0.15) is 11.4 Å². The summed E-state index contributed by atoms with van der Waals surface area (Å²) >= 11 is 0. The van der Waals surface area contributed by atoms with Crippen molar-refractivity contribution in [3.05, 3.63) is 59.3 Å². The monoisotopic (exact) mass is 506 g/mol. The lowest BCUT2D eigenvalue weighted by atomic mass is 9.93. The van der Waals surface area contributed by atoms with Crippen LogP contribution in [-0.4, -0.2) is 59.6 Å². The van der Waals surface area contributed by atoms with E-state index >= 15 is 0 Å². The van der Waals surface area contributed by atoms with Gasteiger partial charge in [0.2, 0.25) is 5.91 Å². The van der Waals surface area contributed by atoms with Crippen LogP contribution in [-0.2, 0) is 27.2 Å². The third kappa shape index (κ3) is 8.29. The van der Waals surface area contributed by atoms with Gasteiger partial charge in [-0.25, -0.2) is 4.98 Å². The zero-order chi connectivity index (χ0) is 26.3. The van der Waals surface area contributed by atoms with Gasteiger partial charge in [-0.15, -0.1) is 0 Å². The number of carbonyl (C=O) groups is 2. The van der Waals surface area contributed by atoms with E-state index in [4.69, 9.17) is 9.72 Å². The number of hydrogen-bond acceptors (Lipinski definition) is 6. The van der Waals surface area contributed by atoms with Crippen molar-refractivity contribution in [1.29, 1.82) is 0 Å². The Morgan fingerprint density at radius 1 is 1.16 bits per heavy atom. The van der Waals surface area contributed by atoms with Gasteiger partial charge in [-0.3, -0.25) is 9.59 Å². The lowest BCUT2D eigenvalue weighted by molar-refractivity contribution is -0.156. The fraction of sp³-hybridized carbons (Fsp3) is 0.567. The molecule has 4 rings (SSSR count). The standard InChI is InChI=1S/C30H42N4O3/c1-30(2,3)37-27(35)20-26(22-10-5-4-6-11-22)29(36)33-25-14-9-19-34(21-25)18-8-13-24-16-15-23-12-7-17-31-28(23)32-24/h4-6,10-11,15-16,25-26H,7-9,12-14,17-21H2,1-3H3,(H,31,32)(H,33,36)/t25-,26+/m1/s1. The lowest BCUT2D eigenvalue weighted by Gasteiger charge is -2.34. The quantitative estimate of drug-likeness (QED) is 0.489. The van der Waals surface area contributed by atoms with Crippen molar-refractivity contribution in [1.82, 2.24) is 15.2 Å². The predicted molar refractivity (Wildman–Crippen MR) is 147 cm³/mol. The van der Waals surface area contributed by atoms with Crippen LogP contribution in [0, 0.1) is 0 Å². The third-order valence-electron chi connectivity index (χ3n) is 7.02. The van der Waals surface area contributed by atoms with Crippen molar-refractivity contribution in [3.63, 3.8) is 0 Å². The van der Waals surface area contributed by atoms with Crippen LogP contribution in [0.2, 0.25) is 0 Å². The Balaban J connectivity index is 1.29. The van der Waals surface area contributed by atoms with E-state index in [0.717, 1.165) is 75.4 Å². The van der Waals surface area contributed by atoms with Gasteiger partial charge in [0.15, 0.2) is 0 Å². The minimum Gasteiger partial charge on any atom is -0.460 e. The highest BCUT2D eigenvalue weighted by molar-refractivity contribution is 5.88. The summed E-state index contributed by atoms with van der Waals surface area (Å²) < 4.78 is 5.52. The van der Waals surface area contributed by atoms with Crippen molar-refractivity contribution in [3.8, 4) is 0 Å². The zero-order valence-electron chi connectivity index (χ0n) is 22.6. The molecule has 0 bridgehead atoms. The largest absolute Gasteiger partial charge is 0.460 e. The van der Waals surface area contributed by atoms with Crippen LogP contribution in [0.5, 0.6) is 0 Å². The Kier molecular flexibility index (Phi) is 9.19. The van der Waals surface area contributed by atoms with E-state index in [9.17, 15) is 9.59 Å². The maximum Gasteiger partial charge on any atom is 0.307 e. The van der Waals surface area contributed by atoms with Gasteiger partial charge in [-0.05, 0) is 89.6 Å². The van der Waals surface area contributed by atoms with Crippen molar-refractivity contribution < 1.29 is 14.3 Å². The Labute approximate surface area is 221 Å². The topological polar surface area (TPSA) is 83.6 Å². The molecule has 1 aromatic carbocycles. The second-order valence-corrected chi connectivity index (χ2v) is 11.3. The number of piperidine rings is 1. The number of ether oxygens (including phenoxy) is 1. The molecule has 1 amide bonds. The van der Waals surface area contributed by atoms with Crippen LogP contribution < -0.4 is 10.6 Å². The molecule has 0 spiro atoms. The molecule has 0 aliphatic carbocycles. The first-order valence-electron chi connectivity index (χ1n) is 13.8. The number of fused-ring (bicyclic) bond motifs is 1. The van der Waals surface area contributed by atoms with E-state index in [1.807, 2.05) is 51.1 Å². The molecule has 0 unspecified atom stereocenters. The van der Waals surface area contributed by atoms with Gasteiger partial charge in [0.25, 0.3) is 0 Å². The van der Waals surface area contributed by atoms with Gasteiger partial charge in [0, 0.05) is 24.8 Å². The first kappa shape index (κ1) is 27.1. The molecule has 0 saturated carbocycles. The number of carbonyl (C=O) groups excluding carboxylic acids is 2. The third-order valence-corrected chi connectivity index (χ3v) is 7.02. The average Bonchev–Trinajstić information content (AvgIpc) is 2.87. The van der Waals surface area contributed by atoms with E-state index < -0.39 is 11.5 Å². The first-order chi connectivity index (χ1) is 17.8. The van der Waals surface area contributed by atoms with Crippen molar-refractivity contribution in [2.45, 2.75) is 83.3 Å². The molecule has 7 heteroatoms. The molecule has 2 aromatic rings. The molecule has 200 valence electrons. The van der Waals surface area contributed by atoms with Crippen LogP contribution in [0.4, 0.5) is 5.82 Å². The first-order valence-corrected chi connectivity index (χ1v) is 13.8. The summed E-state index contributed by atoms with van der Waals surface area (Å²) in [6, 6.07) is 14.0. The van der Waals surface area contributed by atoms with E-state index in [0.29, 0.717) is 0 Å². The highest BCUT2D eigenvalue weighted by atomic mass is 16.6. The number of nitrogens with zero attached hydrogens (tertiary/aromatic N) is 2. The minimum absolute atomic E-state index is 0.0339. The minimum atomic E-state index is -0.580. The zero-order valence-corrected chi connectivity index (χ0v) is 22.6. The number of pyridine rings is 1. The Morgan fingerprint density at radius 2 is 1.97 bits per heavy atom. The molecule has 7 nitrogen and oxygen atoms in total.